The molecule has 0 aromatic heterocycles. The Labute approximate surface area is 155 Å². The van der Waals surface area contributed by atoms with Gasteiger partial charge in [0, 0.05) is 17.3 Å². The van der Waals surface area contributed by atoms with Gasteiger partial charge in [0.15, 0.2) is 0 Å². The molecule has 2 aromatic carbocycles. The quantitative estimate of drug-likeness (QED) is 0.826. The van der Waals surface area contributed by atoms with E-state index in [2.05, 4.69) is 36.4 Å². The van der Waals surface area contributed by atoms with Crippen LogP contribution >= 0.6 is 11.6 Å². The van der Waals surface area contributed by atoms with E-state index in [4.69, 9.17) is 11.6 Å². The Morgan fingerprint density at radius 2 is 1.88 bits per heavy atom. The maximum absolute atomic E-state index is 13.0. The van der Waals surface area contributed by atoms with E-state index >= 15 is 0 Å². The fourth-order valence-electron chi connectivity index (χ4n) is 3.32. The molecule has 1 N–H and O–H groups in total. The van der Waals surface area contributed by atoms with Crippen molar-refractivity contribution in [2.75, 3.05) is 26.0 Å². The lowest BCUT2D eigenvalue weighted by Crippen LogP contribution is -2.46. The zero-order chi connectivity index (χ0) is 17.9. The molecule has 0 radical (unpaired) electrons. The first-order valence-electron chi connectivity index (χ1n) is 8.81. The molecule has 132 valence electrons. The van der Waals surface area contributed by atoms with Crippen molar-refractivity contribution < 1.29 is 4.79 Å². The molecular weight excluding hydrogens is 332 g/mol. The minimum absolute atomic E-state index is 0.0714. The van der Waals surface area contributed by atoms with Crippen molar-refractivity contribution in [3.8, 4) is 0 Å². The number of hydrogen-bond donors (Lipinski definition) is 1. The zero-order valence-corrected chi connectivity index (χ0v) is 15.6. The van der Waals surface area contributed by atoms with Crippen molar-refractivity contribution in [1.82, 2.24) is 4.90 Å². The van der Waals surface area contributed by atoms with Crippen molar-refractivity contribution >= 4 is 23.2 Å². The Kier molecular flexibility index (Phi) is 5.45. The Morgan fingerprint density at radius 1 is 1.16 bits per heavy atom. The summed E-state index contributed by atoms with van der Waals surface area (Å²) in [5.41, 5.74) is 2.72. The Hall–Kier alpha value is -1.84. The molecule has 0 spiro atoms. The van der Waals surface area contributed by atoms with Crippen LogP contribution in [0.3, 0.4) is 0 Å². The van der Waals surface area contributed by atoms with E-state index in [1.165, 1.54) is 5.56 Å². The van der Waals surface area contributed by atoms with E-state index in [0.717, 1.165) is 43.5 Å². The number of carbonyl (C=O) groups is 1. The molecule has 2 aromatic rings. The second kappa shape index (κ2) is 7.59. The van der Waals surface area contributed by atoms with Crippen LogP contribution in [0.1, 0.15) is 30.4 Å². The number of rotatable bonds is 6. The van der Waals surface area contributed by atoms with Crippen LogP contribution < -0.4 is 5.32 Å². The van der Waals surface area contributed by atoms with Crippen LogP contribution in [0, 0.1) is 0 Å². The van der Waals surface area contributed by atoms with E-state index in [0.29, 0.717) is 5.02 Å². The molecule has 4 heteroatoms. The molecule has 1 fully saturated rings. The lowest BCUT2D eigenvalue weighted by atomic mass is 9.64. The number of nitrogens with one attached hydrogen (secondary N) is 1. The fourth-order valence-corrected chi connectivity index (χ4v) is 3.51. The molecule has 3 nitrogen and oxygen atoms in total. The smallest absolute Gasteiger partial charge is 0.235 e. The van der Waals surface area contributed by atoms with Crippen LogP contribution in [0.5, 0.6) is 0 Å². The van der Waals surface area contributed by atoms with Gasteiger partial charge in [0.2, 0.25) is 5.91 Å². The van der Waals surface area contributed by atoms with Gasteiger partial charge in [-0.15, -0.1) is 0 Å². The molecule has 25 heavy (non-hydrogen) atoms. The number of halogens is 1. The van der Waals surface area contributed by atoms with Crippen LogP contribution in [0.2, 0.25) is 5.02 Å². The average Bonchev–Trinajstić information content (AvgIpc) is 2.53. The van der Waals surface area contributed by atoms with Gasteiger partial charge in [-0.05, 0) is 68.8 Å². The van der Waals surface area contributed by atoms with Crippen molar-refractivity contribution in [3.63, 3.8) is 0 Å². The first-order chi connectivity index (χ1) is 12.0. The highest BCUT2D eigenvalue weighted by Crippen LogP contribution is 2.45. The topological polar surface area (TPSA) is 32.3 Å². The summed E-state index contributed by atoms with van der Waals surface area (Å²) < 4.78 is 0. The van der Waals surface area contributed by atoms with Gasteiger partial charge in [-0.2, -0.15) is 0 Å². The van der Waals surface area contributed by atoms with Crippen LogP contribution in [-0.2, 0) is 16.6 Å². The maximum atomic E-state index is 13.0. The van der Waals surface area contributed by atoms with Crippen molar-refractivity contribution in [2.24, 2.45) is 0 Å². The number of nitrogens with zero attached hydrogens (tertiary/aromatic N) is 1. The molecule has 0 unspecified atom stereocenters. The average molecular weight is 357 g/mol. The standard InChI is InChI=1S/C21H25ClN2O/c1-24(2)14-11-16-7-9-19(10-8-16)23-20(25)21(12-4-13-21)17-5-3-6-18(22)15-17/h3,5-10,15H,4,11-14H2,1-2H3,(H,23,25). The predicted molar refractivity (Wildman–Crippen MR) is 104 cm³/mol. The van der Waals surface area contributed by atoms with Crippen molar-refractivity contribution in [1.29, 1.82) is 0 Å². The normalized spacial score (nSPS) is 15.7. The molecule has 1 aliphatic carbocycles. The van der Waals surface area contributed by atoms with E-state index in [9.17, 15) is 4.79 Å². The van der Waals surface area contributed by atoms with Crippen LogP contribution in [0.15, 0.2) is 48.5 Å². The van der Waals surface area contributed by atoms with Gasteiger partial charge in [0.1, 0.15) is 0 Å². The summed E-state index contributed by atoms with van der Waals surface area (Å²) in [6, 6.07) is 15.9. The van der Waals surface area contributed by atoms with E-state index in [1.807, 2.05) is 36.4 Å². The van der Waals surface area contributed by atoms with Gasteiger partial charge in [-0.1, -0.05) is 42.3 Å². The van der Waals surface area contributed by atoms with E-state index < -0.39 is 5.41 Å². The molecule has 0 heterocycles. The summed E-state index contributed by atoms with van der Waals surface area (Å²) in [7, 11) is 4.14. The minimum Gasteiger partial charge on any atom is -0.325 e. The fraction of sp³-hybridized carbons (Fsp3) is 0.381. The zero-order valence-electron chi connectivity index (χ0n) is 14.9. The molecule has 0 aliphatic heterocycles. The van der Waals surface area contributed by atoms with Gasteiger partial charge >= 0.3 is 0 Å². The summed E-state index contributed by atoms with van der Waals surface area (Å²) in [5, 5.41) is 3.78. The van der Waals surface area contributed by atoms with Gasteiger partial charge in [-0.25, -0.2) is 0 Å². The van der Waals surface area contributed by atoms with E-state index in [-0.39, 0.29) is 5.91 Å². The highest BCUT2D eigenvalue weighted by atomic mass is 35.5. The summed E-state index contributed by atoms with van der Waals surface area (Å²) in [6.07, 6.45) is 3.83. The monoisotopic (exact) mass is 356 g/mol. The largest absolute Gasteiger partial charge is 0.325 e. The highest BCUT2D eigenvalue weighted by molar-refractivity contribution is 6.30. The van der Waals surface area contributed by atoms with Gasteiger partial charge in [0.05, 0.1) is 5.41 Å². The molecule has 0 saturated heterocycles. The summed E-state index contributed by atoms with van der Waals surface area (Å²) in [6.45, 7) is 1.02. The number of benzene rings is 2. The molecule has 1 saturated carbocycles. The lowest BCUT2D eigenvalue weighted by Gasteiger charge is -2.40. The Bertz CT molecular complexity index is 736. The molecule has 0 bridgehead atoms. The maximum Gasteiger partial charge on any atom is 0.235 e. The second-order valence-corrected chi connectivity index (χ2v) is 7.59. The van der Waals surface area contributed by atoms with Crippen molar-refractivity contribution in [3.05, 3.63) is 64.7 Å². The third kappa shape index (κ3) is 4.05. The first-order valence-corrected chi connectivity index (χ1v) is 9.19. The predicted octanol–water partition coefficient (Wildman–Crippen LogP) is 4.50. The van der Waals surface area contributed by atoms with Gasteiger partial charge in [0.25, 0.3) is 0 Å². The second-order valence-electron chi connectivity index (χ2n) is 7.15. The van der Waals surface area contributed by atoms with Crippen molar-refractivity contribution in [2.45, 2.75) is 31.1 Å². The third-order valence-electron chi connectivity index (χ3n) is 5.08. The van der Waals surface area contributed by atoms with Crippen LogP contribution in [0.4, 0.5) is 5.69 Å². The Balaban J connectivity index is 1.70. The summed E-state index contributed by atoms with van der Waals surface area (Å²) in [4.78, 5) is 15.1. The number of hydrogen-bond acceptors (Lipinski definition) is 2. The highest BCUT2D eigenvalue weighted by Gasteiger charge is 2.45. The molecule has 1 aliphatic rings. The van der Waals surface area contributed by atoms with Gasteiger partial charge < -0.3 is 10.2 Å². The first kappa shape index (κ1) is 18.0. The molecule has 1 amide bonds. The summed E-state index contributed by atoms with van der Waals surface area (Å²) >= 11 is 6.13. The molecule has 3 rings (SSSR count). The SMILES string of the molecule is CN(C)CCc1ccc(NC(=O)C2(c3cccc(Cl)c3)CCC2)cc1. The number of anilines is 1. The summed E-state index contributed by atoms with van der Waals surface area (Å²) in [5.74, 6) is 0.0714. The number of amides is 1. The van der Waals surface area contributed by atoms with Crippen LogP contribution in [0.25, 0.3) is 0 Å². The molecular formula is C21H25ClN2O. The Morgan fingerprint density at radius 3 is 2.44 bits per heavy atom. The van der Waals surface area contributed by atoms with Crippen LogP contribution in [-0.4, -0.2) is 31.4 Å². The minimum atomic E-state index is -0.436. The third-order valence-corrected chi connectivity index (χ3v) is 5.31. The number of carbonyl (C=O) groups excluding carboxylic acids is 1. The lowest BCUT2D eigenvalue weighted by molar-refractivity contribution is -0.124. The van der Waals surface area contributed by atoms with Gasteiger partial charge in [-0.3, -0.25) is 4.79 Å². The number of likely N-dealkylation sites (N-methyl/N-ethyl adjacent to an activating group) is 1. The van der Waals surface area contributed by atoms with E-state index in [1.54, 1.807) is 0 Å². The molecule has 0 atom stereocenters.